The first kappa shape index (κ1) is 15.1. The lowest BCUT2D eigenvalue weighted by Crippen LogP contribution is -1.96. The van der Waals surface area contributed by atoms with Gasteiger partial charge >= 0.3 is 0 Å². The van der Waals surface area contributed by atoms with Gasteiger partial charge in [0.05, 0.1) is 20.9 Å². The monoisotopic (exact) mass is 357 g/mol. The van der Waals surface area contributed by atoms with E-state index in [2.05, 4.69) is 25.3 Å². The molecule has 0 fully saturated rings. The molecule has 24 heavy (non-hydrogen) atoms. The van der Waals surface area contributed by atoms with Gasteiger partial charge in [-0.2, -0.15) is 0 Å². The minimum Gasteiger partial charge on any atom is -0.322 e. The summed E-state index contributed by atoms with van der Waals surface area (Å²) in [5, 5.41) is 7.05. The Morgan fingerprint density at radius 1 is 1.08 bits per heavy atom. The standard InChI is InChI=1S/C16H12FN5S2/c1-8-20-13(7-23-8)22-16-14-15(24-9(2)21-14)12(6-19-16)10-3-11(17)5-18-4-10/h3-7H,1-2H3,(H,19,22). The van der Waals surface area contributed by atoms with Crippen LogP contribution in [0.1, 0.15) is 10.0 Å². The highest BCUT2D eigenvalue weighted by Crippen LogP contribution is 2.36. The highest BCUT2D eigenvalue weighted by atomic mass is 32.1. The second kappa shape index (κ2) is 5.88. The molecule has 4 aromatic heterocycles. The van der Waals surface area contributed by atoms with E-state index in [1.54, 1.807) is 35.1 Å². The lowest BCUT2D eigenvalue weighted by molar-refractivity contribution is 0.622. The number of aryl methyl sites for hydroxylation is 2. The van der Waals surface area contributed by atoms with Crippen molar-refractivity contribution in [3.63, 3.8) is 0 Å². The largest absolute Gasteiger partial charge is 0.322 e. The third-order valence-electron chi connectivity index (χ3n) is 3.41. The number of halogens is 1. The van der Waals surface area contributed by atoms with Crippen LogP contribution in [0.25, 0.3) is 21.3 Å². The number of hydrogen-bond donors (Lipinski definition) is 1. The fourth-order valence-electron chi connectivity index (χ4n) is 2.42. The van der Waals surface area contributed by atoms with Crippen LogP contribution in [0.5, 0.6) is 0 Å². The van der Waals surface area contributed by atoms with Crippen molar-refractivity contribution in [3.8, 4) is 11.1 Å². The molecule has 0 radical (unpaired) electrons. The molecule has 0 aromatic carbocycles. The fraction of sp³-hybridized carbons (Fsp3) is 0.125. The van der Waals surface area contributed by atoms with Crippen LogP contribution < -0.4 is 5.32 Å². The van der Waals surface area contributed by atoms with Crippen LogP contribution in [0.15, 0.2) is 30.0 Å². The Morgan fingerprint density at radius 2 is 1.96 bits per heavy atom. The van der Waals surface area contributed by atoms with Gasteiger partial charge in [0.15, 0.2) is 5.82 Å². The summed E-state index contributed by atoms with van der Waals surface area (Å²) in [7, 11) is 0. The average Bonchev–Trinajstić information content (AvgIpc) is 3.13. The van der Waals surface area contributed by atoms with Crippen molar-refractivity contribution in [2.75, 3.05) is 5.32 Å². The van der Waals surface area contributed by atoms with Crippen molar-refractivity contribution in [1.29, 1.82) is 0 Å². The maximum atomic E-state index is 13.5. The third kappa shape index (κ3) is 2.74. The Labute approximate surface area is 145 Å². The predicted molar refractivity (Wildman–Crippen MR) is 95.5 cm³/mol. The van der Waals surface area contributed by atoms with Gasteiger partial charge in [-0.05, 0) is 19.9 Å². The van der Waals surface area contributed by atoms with Crippen molar-refractivity contribution in [3.05, 3.63) is 45.9 Å². The summed E-state index contributed by atoms with van der Waals surface area (Å²) in [4.78, 5) is 17.4. The number of rotatable bonds is 3. The summed E-state index contributed by atoms with van der Waals surface area (Å²) in [6.07, 6.45) is 4.54. The summed E-state index contributed by atoms with van der Waals surface area (Å²) >= 11 is 3.12. The van der Waals surface area contributed by atoms with Crippen molar-refractivity contribution in [2.45, 2.75) is 13.8 Å². The smallest absolute Gasteiger partial charge is 0.159 e. The molecule has 4 heterocycles. The summed E-state index contributed by atoms with van der Waals surface area (Å²) in [6.45, 7) is 3.89. The van der Waals surface area contributed by atoms with Crippen LogP contribution in [-0.4, -0.2) is 19.9 Å². The molecule has 0 saturated carbocycles. The van der Waals surface area contributed by atoms with Crippen LogP contribution in [0.2, 0.25) is 0 Å². The molecule has 4 aromatic rings. The van der Waals surface area contributed by atoms with Crippen LogP contribution in [0, 0.1) is 19.7 Å². The first-order chi connectivity index (χ1) is 11.6. The van der Waals surface area contributed by atoms with Crippen LogP contribution >= 0.6 is 22.7 Å². The van der Waals surface area contributed by atoms with E-state index >= 15 is 0 Å². The fourth-order valence-corrected chi connectivity index (χ4v) is 3.91. The van der Waals surface area contributed by atoms with E-state index in [1.165, 1.54) is 12.3 Å². The first-order valence-corrected chi connectivity index (χ1v) is 8.86. The van der Waals surface area contributed by atoms with Gasteiger partial charge in [0.2, 0.25) is 0 Å². The highest BCUT2D eigenvalue weighted by molar-refractivity contribution is 7.19. The van der Waals surface area contributed by atoms with Gasteiger partial charge in [0.25, 0.3) is 0 Å². The third-order valence-corrected chi connectivity index (χ3v) is 5.18. The molecule has 0 saturated heterocycles. The lowest BCUT2D eigenvalue weighted by Gasteiger charge is -2.07. The molecule has 0 aliphatic heterocycles. The molecule has 5 nitrogen and oxygen atoms in total. The number of thiazole rings is 2. The van der Waals surface area contributed by atoms with Gasteiger partial charge in [0.1, 0.15) is 17.2 Å². The lowest BCUT2D eigenvalue weighted by atomic mass is 10.1. The van der Waals surface area contributed by atoms with E-state index < -0.39 is 0 Å². The zero-order chi connectivity index (χ0) is 16.7. The van der Waals surface area contributed by atoms with Gasteiger partial charge in [-0.3, -0.25) is 4.98 Å². The Balaban J connectivity index is 1.85. The molecule has 4 rings (SSSR count). The van der Waals surface area contributed by atoms with Crippen molar-refractivity contribution in [1.82, 2.24) is 19.9 Å². The number of fused-ring (bicyclic) bond motifs is 1. The number of pyridine rings is 2. The molecule has 8 heteroatoms. The number of anilines is 2. The highest BCUT2D eigenvalue weighted by Gasteiger charge is 2.15. The molecule has 0 amide bonds. The van der Waals surface area contributed by atoms with E-state index in [0.717, 1.165) is 31.6 Å². The minimum atomic E-state index is -0.373. The van der Waals surface area contributed by atoms with E-state index in [0.29, 0.717) is 11.4 Å². The second-order valence-corrected chi connectivity index (χ2v) is 7.47. The number of nitrogens with zero attached hydrogens (tertiary/aromatic N) is 4. The molecule has 0 bridgehead atoms. The number of hydrogen-bond acceptors (Lipinski definition) is 7. The second-order valence-electron chi connectivity index (χ2n) is 5.20. The quantitative estimate of drug-likeness (QED) is 0.575. The normalized spacial score (nSPS) is 11.1. The predicted octanol–water partition coefficient (Wildman–Crippen LogP) is 4.71. The van der Waals surface area contributed by atoms with E-state index in [1.807, 2.05) is 19.2 Å². The molecule has 1 N–H and O–H groups in total. The van der Waals surface area contributed by atoms with Crippen molar-refractivity contribution >= 4 is 44.5 Å². The maximum Gasteiger partial charge on any atom is 0.159 e. The Morgan fingerprint density at radius 3 is 2.71 bits per heavy atom. The van der Waals surface area contributed by atoms with Gasteiger partial charge in [-0.15, -0.1) is 22.7 Å². The Kier molecular flexibility index (Phi) is 3.70. The summed E-state index contributed by atoms with van der Waals surface area (Å²) in [6, 6.07) is 1.45. The Bertz CT molecular complexity index is 1040. The van der Waals surface area contributed by atoms with E-state index in [-0.39, 0.29) is 5.82 Å². The number of aromatic nitrogens is 4. The molecule has 0 aliphatic carbocycles. The maximum absolute atomic E-state index is 13.5. The van der Waals surface area contributed by atoms with Crippen LogP contribution in [0.4, 0.5) is 16.0 Å². The molecular formula is C16H12FN5S2. The zero-order valence-corrected chi connectivity index (χ0v) is 14.5. The topological polar surface area (TPSA) is 63.6 Å². The van der Waals surface area contributed by atoms with Gasteiger partial charge in [0, 0.05) is 28.9 Å². The molecule has 0 spiro atoms. The first-order valence-electron chi connectivity index (χ1n) is 7.16. The summed E-state index contributed by atoms with van der Waals surface area (Å²) in [5.41, 5.74) is 2.26. The van der Waals surface area contributed by atoms with Crippen LogP contribution in [0.3, 0.4) is 0 Å². The molecule has 0 aliphatic rings. The number of nitrogens with one attached hydrogen (secondary N) is 1. The van der Waals surface area contributed by atoms with Gasteiger partial charge < -0.3 is 5.32 Å². The molecule has 0 unspecified atom stereocenters. The zero-order valence-electron chi connectivity index (χ0n) is 12.9. The molecule has 0 atom stereocenters. The summed E-state index contributed by atoms with van der Waals surface area (Å²) < 4.78 is 14.5. The van der Waals surface area contributed by atoms with Crippen LogP contribution in [-0.2, 0) is 0 Å². The van der Waals surface area contributed by atoms with Crippen molar-refractivity contribution < 1.29 is 4.39 Å². The van der Waals surface area contributed by atoms with E-state index in [9.17, 15) is 4.39 Å². The average molecular weight is 357 g/mol. The molecular weight excluding hydrogens is 345 g/mol. The van der Waals surface area contributed by atoms with Gasteiger partial charge in [-0.25, -0.2) is 19.3 Å². The minimum absolute atomic E-state index is 0.373. The SMILES string of the molecule is Cc1nc(Nc2ncc(-c3cncc(F)c3)c3sc(C)nc23)cs1. The van der Waals surface area contributed by atoms with E-state index in [4.69, 9.17) is 0 Å². The van der Waals surface area contributed by atoms with Gasteiger partial charge in [-0.1, -0.05) is 0 Å². The molecule has 120 valence electrons. The summed E-state index contributed by atoms with van der Waals surface area (Å²) in [5.74, 6) is 1.02. The Hall–Kier alpha value is -2.45. The van der Waals surface area contributed by atoms with Crippen molar-refractivity contribution in [2.24, 2.45) is 0 Å².